The van der Waals surface area contributed by atoms with Gasteiger partial charge in [0.1, 0.15) is 6.10 Å². The lowest BCUT2D eigenvalue weighted by Crippen LogP contribution is -2.19. The molecule has 1 atom stereocenters. The van der Waals surface area contributed by atoms with Gasteiger partial charge in [0.2, 0.25) is 0 Å². The highest BCUT2D eigenvalue weighted by Crippen LogP contribution is 2.21. The standard InChI is InChI=1S/C12H15IO2/c1-3-11(7-9(2)8-13)15-12(14)10-5-4-6-10/h3,5,8,11H,1,4,6-7H2,2H3/b9-8-. The van der Waals surface area contributed by atoms with E-state index in [-0.39, 0.29) is 12.1 Å². The predicted molar refractivity (Wildman–Crippen MR) is 69.8 cm³/mol. The first-order valence-electron chi connectivity index (χ1n) is 4.95. The molecule has 2 nitrogen and oxygen atoms in total. The van der Waals surface area contributed by atoms with Crippen LogP contribution in [-0.2, 0) is 9.53 Å². The molecule has 0 bridgehead atoms. The number of carbonyl (C=O) groups excluding carboxylic acids is 1. The maximum Gasteiger partial charge on any atom is 0.334 e. The number of hydrogen-bond donors (Lipinski definition) is 0. The number of rotatable bonds is 5. The van der Waals surface area contributed by atoms with Crippen LogP contribution in [0.3, 0.4) is 0 Å². The smallest absolute Gasteiger partial charge is 0.334 e. The minimum Gasteiger partial charge on any atom is -0.454 e. The zero-order valence-electron chi connectivity index (χ0n) is 8.83. The van der Waals surface area contributed by atoms with Crippen molar-refractivity contribution in [2.75, 3.05) is 0 Å². The Morgan fingerprint density at radius 3 is 2.87 bits per heavy atom. The zero-order chi connectivity index (χ0) is 11.3. The molecule has 0 saturated carbocycles. The normalized spacial score (nSPS) is 17.5. The van der Waals surface area contributed by atoms with Gasteiger partial charge in [-0.05, 0) is 23.8 Å². The van der Waals surface area contributed by atoms with E-state index < -0.39 is 0 Å². The van der Waals surface area contributed by atoms with Crippen molar-refractivity contribution in [1.82, 2.24) is 0 Å². The fourth-order valence-corrected chi connectivity index (χ4v) is 1.48. The summed E-state index contributed by atoms with van der Waals surface area (Å²) in [6.45, 7) is 5.69. The predicted octanol–water partition coefficient (Wildman–Crippen LogP) is 3.53. The first-order valence-corrected chi connectivity index (χ1v) is 6.20. The highest BCUT2D eigenvalue weighted by atomic mass is 127. The van der Waals surface area contributed by atoms with Crippen LogP contribution >= 0.6 is 22.6 Å². The van der Waals surface area contributed by atoms with E-state index in [2.05, 4.69) is 29.2 Å². The van der Waals surface area contributed by atoms with Crippen LogP contribution in [0, 0.1) is 0 Å². The van der Waals surface area contributed by atoms with Crippen LogP contribution in [0.15, 0.2) is 34.0 Å². The van der Waals surface area contributed by atoms with Crippen molar-refractivity contribution >= 4 is 28.6 Å². The van der Waals surface area contributed by atoms with Gasteiger partial charge in [0, 0.05) is 12.0 Å². The minimum atomic E-state index is -0.204. The Kier molecular flexibility index (Phi) is 5.08. The molecule has 0 fully saturated rings. The topological polar surface area (TPSA) is 26.3 Å². The maximum absolute atomic E-state index is 11.5. The van der Waals surface area contributed by atoms with Crippen molar-refractivity contribution in [2.24, 2.45) is 0 Å². The summed E-state index contributed by atoms with van der Waals surface area (Å²) in [5.74, 6) is -0.188. The highest BCUT2D eigenvalue weighted by Gasteiger charge is 2.19. The lowest BCUT2D eigenvalue weighted by atomic mass is 9.99. The summed E-state index contributed by atoms with van der Waals surface area (Å²) in [7, 11) is 0. The zero-order valence-corrected chi connectivity index (χ0v) is 11.0. The van der Waals surface area contributed by atoms with Crippen molar-refractivity contribution in [1.29, 1.82) is 0 Å². The van der Waals surface area contributed by atoms with E-state index in [0.29, 0.717) is 0 Å². The van der Waals surface area contributed by atoms with E-state index in [1.165, 1.54) is 5.57 Å². The Balaban J connectivity index is 2.46. The second-order valence-corrected chi connectivity index (χ2v) is 4.23. The minimum absolute atomic E-state index is 0.188. The van der Waals surface area contributed by atoms with Crippen molar-refractivity contribution in [3.8, 4) is 0 Å². The molecule has 0 saturated heterocycles. The molecule has 0 radical (unpaired) electrons. The molecule has 0 aromatic rings. The van der Waals surface area contributed by atoms with Gasteiger partial charge in [-0.15, -0.1) is 0 Å². The summed E-state index contributed by atoms with van der Waals surface area (Å²) < 4.78 is 7.30. The first kappa shape index (κ1) is 12.5. The Hall–Kier alpha value is -0.580. The van der Waals surface area contributed by atoms with Gasteiger partial charge >= 0.3 is 5.97 Å². The van der Waals surface area contributed by atoms with Crippen LogP contribution in [0.5, 0.6) is 0 Å². The molecule has 1 aliphatic rings. The van der Waals surface area contributed by atoms with Gasteiger partial charge in [0.15, 0.2) is 0 Å². The summed E-state index contributed by atoms with van der Waals surface area (Å²) in [5.41, 5.74) is 1.99. The molecule has 0 aromatic heterocycles. The fraction of sp³-hybridized carbons (Fsp3) is 0.417. The number of ether oxygens (including phenoxy) is 1. The number of halogens is 1. The average Bonchev–Trinajstić information content (AvgIpc) is 2.13. The lowest BCUT2D eigenvalue weighted by Gasteiger charge is -2.18. The number of allylic oxidation sites excluding steroid dienone is 1. The monoisotopic (exact) mass is 318 g/mol. The number of esters is 1. The van der Waals surface area contributed by atoms with E-state index in [1.807, 2.05) is 17.1 Å². The van der Waals surface area contributed by atoms with Gasteiger partial charge in [-0.2, -0.15) is 0 Å². The molecule has 0 heterocycles. The van der Waals surface area contributed by atoms with Crippen LogP contribution < -0.4 is 0 Å². The molecule has 0 aromatic carbocycles. The van der Waals surface area contributed by atoms with E-state index in [4.69, 9.17) is 4.74 Å². The quantitative estimate of drug-likeness (QED) is 0.440. The van der Waals surface area contributed by atoms with Gasteiger partial charge in [0.25, 0.3) is 0 Å². The van der Waals surface area contributed by atoms with Gasteiger partial charge in [-0.3, -0.25) is 0 Å². The third-order valence-corrected chi connectivity index (χ3v) is 3.36. The van der Waals surface area contributed by atoms with Gasteiger partial charge in [-0.1, -0.05) is 46.9 Å². The molecule has 15 heavy (non-hydrogen) atoms. The Bertz CT molecular complexity index is 316. The molecular weight excluding hydrogens is 303 g/mol. The van der Waals surface area contributed by atoms with Gasteiger partial charge < -0.3 is 4.74 Å². The Morgan fingerprint density at radius 1 is 1.80 bits per heavy atom. The molecule has 3 heteroatoms. The third kappa shape index (κ3) is 3.81. The van der Waals surface area contributed by atoms with Crippen molar-refractivity contribution < 1.29 is 9.53 Å². The van der Waals surface area contributed by atoms with Crippen molar-refractivity contribution in [3.05, 3.63) is 34.0 Å². The van der Waals surface area contributed by atoms with E-state index in [9.17, 15) is 4.79 Å². The van der Waals surface area contributed by atoms with Crippen LogP contribution in [-0.4, -0.2) is 12.1 Å². The molecule has 1 unspecified atom stereocenters. The molecule has 82 valence electrons. The van der Waals surface area contributed by atoms with Crippen LogP contribution in [0.1, 0.15) is 26.2 Å². The second kappa shape index (κ2) is 6.10. The summed E-state index contributed by atoms with van der Waals surface area (Å²) in [6, 6.07) is 0. The number of carbonyl (C=O) groups is 1. The molecule has 0 aliphatic heterocycles. The maximum atomic E-state index is 11.5. The van der Waals surface area contributed by atoms with E-state index >= 15 is 0 Å². The molecule has 0 amide bonds. The second-order valence-electron chi connectivity index (χ2n) is 3.61. The Morgan fingerprint density at radius 2 is 2.47 bits per heavy atom. The van der Waals surface area contributed by atoms with Gasteiger partial charge in [0.05, 0.1) is 0 Å². The van der Waals surface area contributed by atoms with Crippen molar-refractivity contribution in [3.63, 3.8) is 0 Å². The third-order valence-electron chi connectivity index (χ3n) is 2.30. The summed E-state index contributed by atoms with van der Waals surface area (Å²) in [6.07, 6.45) is 5.97. The van der Waals surface area contributed by atoms with Crippen LogP contribution in [0.2, 0.25) is 0 Å². The SMILES string of the molecule is C=CC(C/C(C)=C\I)OC(=O)C1=CCC1. The highest BCUT2D eigenvalue weighted by molar-refractivity contribution is 14.1. The molecular formula is C12H15IO2. The van der Waals surface area contributed by atoms with Crippen LogP contribution in [0.4, 0.5) is 0 Å². The molecule has 0 N–H and O–H groups in total. The van der Waals surface area contributed by atoms with Crippen LogP contribution in [0.25, 0.3) is 0 Å². The first-order chi connectivity index (χ1) is 7.17. The van der Waals surface area contributed by atoms with E-state index in [0.717, 1.165) is 24.8 Å². The average molecular weight is 318 g/mol. The fourth-order valence-electron chi connectivity index (χ4n) is 1.22. The summed E-state index contributed by atoms with van der Waals surface area (Å²) in [5, 5.41) is 0. The summed E-state index contributed by atoms with van der Waals surface area (Å²) in [4.78, 5) is 11.5. The Labute approximate surface area is 104 Å². The molecule has 1 aliphatic carbocycles. The van der Waals surface area contributed by atoms with Gasteiger partial charge in [-0.25, -0.2) is 4.79 Å². The molecule has 1 rings (SSSR count). The van der Waals surface area contributed by atoms with Crippen molar-refractivity contribution in [2.45, 2.75) is 32.3 Å². The summed E-state index contributed by atoms with van der Waals surface area (Å²) >= 11 is 2.18. The molecule has 0 spiro atoms. The lowest BCUT2D eigenvalue weighted by molar-refractivity contribution is -0.142. The number of hydrogen-bond acceptors (Lipinski definition) is 2. The van der Waals surface area contributed by atoms with E-state index in [1.54, 1.807) is 6.08 Å². The largest absolute Gasteiger partial charge is 0.454 e.